The van der Waals surface area contributed by atoms with Crippen LogP contribution in [0.4, 0.5) is 13.2 Å². The minimum atomic E-state index is -4.76. The molecule has 1 aromatic rings. The smallest absolute Gasteiger partial charge is 0.405 e. The molecule has 0 radical (unpaired) electrons. The number of piperidine rings is 1. The SMILES string of the molecule is CC1CC(O)(c2ccccc2OC(F)(F)F)CCN1C. The van der Waals surface area contributed by atoms with Crippen LogP contribution in [0.1, 0.15) is 25.3 Å². The second kappa shape index (κ2) is 5.26. The molecule has 0 aliphatic carbocycles. The number of rotatable bonds is 2. The van der Waals surface area contributed by atoms with Gasteiger partial charge in [0.15, 0.2) is 0 Å². The lowest BCUT2D eigenvalue weighted by atomic mass is 9.81. The van der Waals surface area contributed by atoms with Gasteiger partial charge in [0.1, 0.15) is 5.75 Å². The molecule has 0 saturated carbocycles. The van der Waals surface area contributed by atoms with Gasteiger partial charge in [0.2, 0.25) is 0 Å². The molecule has 2 atom stereocenters. The summed E-state index contributed by atoms with van der Waals surface area (Å²) in [6.07, 6.45) is -4.00. The molecule has 1 fully saturated rings. The lowest BCUT2D eigenvalue weighted by Gasteiger charge is -2.41. The van der Waals surface area contributed by atoms with Crippen LogP contribution in [0.5, 0.6) is 5.75 Å². The number of halogens is 3. The summed E-state index contributed by atoms with van der Waals surface area (Å²) >= 11 is 0. The molecular weight excluding hydrogens is 271 g/mol. The van der Waals surface area contributed by atoms with E-state index in [1.165, 1.54) is 18.2 Å². The van der Waals surface area contributed by atoms with Gasteiger partial charge in [-0.05, 0) is 32.9 Å². The van der Waals surface area contributed by atoms with E-state index < -0.39 is 12.0 Å². The van der Waals surface area contributed by atoms with E-state index >= 15 is 0 Å². The quantitative estimate of drug-likeness (QED) is 0.908. The van der Waals surface area contributed by atoms with Crippen LogP contribution < -0.4 is 4.74 Å². The van der Waals surface area contributed by atoms with Crippen molar-refractivity contribution in [2.75, 3.05) is 13.6 Å². The molecule has 1 N–H and O–H groups in total. The average Bonchev–Trinajstić information content (AvgIpc) is 2.33. The van der Waals surface area contributed by atoms with E-state index in [1.807, 2.05) is 14.0 Å². The van der Waals surface area contributed by atoms with Gasteiger partial charge in [-0.2, -0.15) is 0 Å². The molecule has 1 saturated heterocycles. The molecule has 1 aromatic carbocycles. The average molecular weight is 289 g/mol. The van der Waals surface area contributed by atoms with Gasteiger partial charge in [-0.3, -0.25) is 0 Å². The second-order valence-electron chi connectivity index (χ2n) is 5.36. The molecular formula is C14H18F3NO2. The van der Waals surface area contributed by atoms with Crippen molar-refractivity contribution in [1.29, 1.82) is 0 Å². The van der Waals surface area contributed by atoms with Gasteiger partial charge in [-0.1, -0.05) is 18.2 Å². The van der Waals surface area contributed by atoms with Gasteiger partial charge >= 0.3 is 6.36 Å². The van der Waals surface area contributed by atoms with Gasteiger partial charge < -0.3 is 14.7 Å². The number of hydrogen-bond donors (Lipinski definition) is 1. The third kappa shape index (κ3) is 3.24. The Hall–Kier alpha value is -1.27. The van der Waals surface area contributed by atoms with Crippen molar-refractivity contribution in [3.8, 4) is 5.75 Å². The molecule has 6 heteroatoms. The van der Waals surface area contributed by atoms with Crippen LogP contribution in [-0.4, -0.2) is 36.0 Å². The molecule has 0 aromatic heterocycles. The van der Waals surface area contributed by atoms with Gasteiger partial charge in [0, 0.05) is 18.2 Å². The maximum atomic E-state index is 12.4. The number of nitrogens with zero attached hydrogens (tertiary/aromatic N) is 1. The van der Waals surface area contributed by atoms with Crippen molar-refractivity contribution < 1.29 is 23.0 Å². The summed E-state index contributed by atoms with van der Waals surface area (Å²) in [5.41, 5.74) is -1.08. The molecule has 1 aliphatic heterocycles. The zero-order valence-electron chi connectivity index (χ0n) is 11.4. The van der Waals surface area contributed by atoms with Crippen molar-refractivity contribution in [3.05, 3.63) is 29.8 Å². The minimum absolute atomic E-state index is 0.0905. The Morgan fingerprint density at radius 1 is 1.35 bits per heavy atom. The zero-order valence-corrected chi connectivity index (χ0v) is 11.4. The maximum absolute atomic E-state index is 12.4. The van der Waals surface area contributed by atoms with E-state index in [0.29, 0.717) is 19.4 Å². The second-order valence-corrected chi connectivity index (χ2v) is 5.36. The van der Waals surface area contributed by atoms with E-state index in [0.717, 1.165) is 0 Å². The topological polar surface area (TPSA) is 32.7 Å². The Balaban J connectivity index is 2.32. The Bertz CT molecular complexity index is 478. The summed E-state index contributed by atoms with van der Waals surface area (Å²) < 4.78 is 41.4. The Labute approximate surface area is 116 Å². The molecule has 2 unspecified atom stereocenters. The van der Waals surface area contributed by atoms with Gasteiger partial charge in [-0.25, -0.2) is 0 Å². The third-order valence-electron chi connectivity index (χ3n) is 3.88. The first kappa shape index (κ1) is 15.1. The van der Waals surface area contributed by atoms with E-state index in [2.05, 4.69) is 9.64 Å². The van der Waals surface area contributed by atoms with Crippen LogP contribution >= 0.6 is 0 Å². The Morgan fingerprint density at radius 3 is 2.60 bits per heavy atom. The van der Waals surface area contributed by atoms with Gasteiger partial charge in [0.05, 0.1) is 5.60 Å². The van der Waals surface area contributed by atoms with Crippen LogP contribution in [0.25, 0.3) is 0 Å². The number of benzene rings is 1. The van der Waals surface area contributed by atoms with E-state index in [-0.39, 0.29) is 17.4 Å². The minimum Gasteiger partial charge on any atom is -0.405 e. The van der Waals surface area contributed by atoms with E-state index in [9.17, 15) is 18.3 Å². The fourth-order valence-corrected chi connectivity index (χ4v) is 2.64. The molecule has 3 nitrogen and oxygen atoms in total. The number of ether oxygens (including phenoxy) is 1. The first-order valence-corrected chi connectivity index (χ1v) is 6.49. The highest BCUT2D eigenvalue weighted by Crippen LogP contribution is 2.41. The number of hydrogen-bond acceptors (Lipinski definition) is 3. The van der Waals surface area contributed by atoms with E-state index in [4.69, 9.17) is 0 Å². The molecule has 0 bridgehead atoms. The molecule has 2 rings (SSSR count). The fraction of sp³-hybridized carbons (Fsp3) is 0.571. The maximum Gasteiger partial charge on any atom is 0.573 e. The highest BCUT2D eigenvalue weighted by Gasteiger charge is 2.40. The molecule has 0 amide bonds. The lowest BCUT2D eigenvalue weighted by Crippen LogP contribution is -2.46. The Kier molecular flexibility index (Phi) is 3.97. The number of alkyl halides is 3. The summed E-state index contributed by atoms with van der Waals surface area (Å²) in [5, 5.41) is 10.7. The molecule has 1 aliphatic rings. The monoisotopic (exact) mass is 289 g/mol. The number of para-hydroxylation sites is 1. The molecule has 20 heavy (non-hydrogen) atoms. The summed E-state index contributed by atoms with van der Waals surface area (Å²) in [4.78, 5) is 2.07. The number of likely N-dealkylation sites (tertiary alicyclic amines) is 1. The highest BCUT2D eigenvalue weighted by molar-refractivity contribution is 5.38. The normalized spacial score (nSPS) is 28.4. The largest absolute Gasteiger partial charge is 0.573 e. The van der Waals surface area contributed by atoms with Crippen molar-refractivity contribution >= 4 is 0 Å². The number of aliphatic hydroxyl groups is 1. The van der Waals surface area contributed by atoms with Crippen LogP contribution in [0, 0.1) is 0 Å². The van der Waals surface area contributed by atoms with Crippen LogP contribution in [0.3, 0.4) is 0 Å². The zero-order chi connectivity index (χ0) is 15.0. The lowest BCUT2D eigenvalue weighted by molar-refractivity contribution is -0.275. The van der Waals surface area contributed by atoms with E-state index in [1.54, 1.807) is 6.07 Å². The Morgan fingerprint density at radius 2 is 2.00 bits per heavy atom. The molecule has 0 spiro atoms. The van der Waals surface area contributed by atoms with Crippen molar-refractivity contribution in [2.24, 2.45) is 0 Å². The third-order valence-corrected chi connectivity index (χ3v) is 3.88. The summed E-state index contributed by atoms with van der Waals surface area (Å²) in [5.74, 6) is -0.320. The molecule has 112 valence electrons. The predicted molar refractivity (Wildman–Crippen MR) is 68.3 cm³/mol. The summed E-state index contributed by atoms with van der Waals surface area (Å²) in [6.45, 7) is 2.56. The fourth-order valence-electron chi connectivity index (χ4n) is 2.64. The van der Waals surface area contributed by atoms with Crippen molar-refractivity contribution in [2.45, 2.75) is 37.8 Å². The first-order valence-electron chi connectivity index (χ1n) is 6.49. The predicted octanol–water partition coefficient (Wildman–Crippen LogP) is 2.89. The van der Waals surface area contributed by atoms with Crippen LogP contribution in [0.15, 0.2) is 24.3 Å². The van der Waals surface area contributed by atoms with Gasteiger partial charge in [0.25, 0.3) is 0 Å². The standard InChI is InChI=1S/C14H18F3NO2/c1-10-9-13(19,7-8-18(10)2)11-5-3-4-6-12(11)20-14(15,16)17/h3-6,10,19H,7-9H2,1-2H3. The molecule has 1 heterocycles. The van der Waals surface area contributed by atoms with Gasteiger partial charge in [-0.15, -0.1) is 13.2 Å². The highest BCUT2D eigenvalue weighted by atomic mass is 19.4. The first-order chi connectivity index (χ1) is 9.21. The summed E-state index contributed by atoms with van der Waals surface area (Å²) in [6, 6.07) is 5.90. The van der Waals surface area contributed by atoms with Crippen LogP contribution in [-0.2, 0) is 5.60 Å². The van der Waals surface area contributed by atoms with Crippen molar-refractivity contribution in [3.63, 3.8) is 0 Å². The summed E-state index contributed by atoms with van der Waals surface area (Å²) in [7, 11) is 1.93. The van der Waals surface area contributed by atoms with Crippen molar-refractivity contribution in [1.82, 2.24) is 4.90 Å². The van der Waals surface area contributed by atoms with Crippen LogP contribution in [0.2, 0.25) is 0 Å².